The Kier molecular flexibility index (Phi) is 5.70. The molecule has 26 heavy (non-hydrogen) atoms. The zero-order chi connectivity index (χ0) is 19.4. The zero-order valence-corrected chi connectivity index (χ0v) is 14.1. The highest BCUT2D eigenvalue weighted by Gasteiger charge is 2.19. The molecule has 0 heterocycles. The highest BCUT2D eigenvalue weighted by Crippen LogP contribution is 2.28. The second kappa shape index (κ2) is 7.76. The molecule has 0 spiro atoms. The van der Waals surface area contributed by atoms with Crippen LogP contribution in [0.5, 0.6) is 0 Å². The first kappa shape index (κ1) is 19.1. The van der Waals surface area contributed by atoms with Gasteiger partial charge in [0.2, 0.25) is 0 Å². The van der Waals surface area contributed by atoms with Crippen molar-refractivity contribution in [3.05, 3.63) is 66.7 Å². The van der Waals surface area contributed by atoms with E-state index in [2.05, 4.69) is 10.6 Å². The predicted molar refractivity (Wildman–Crippen MR) is 93.5 cm³/mol. The van der Waals surface area contributed by atoms with Crippen molar-refractivity contribution in [1.82, 2.24) is 0 Å². The molecule has 0 aromatic heterocycles. The summed E-state index contributed by atoms with van der Waals surface area (Å²) in [6.45, 7) is 0. The smallest absolute Gasteiger partial charge is 0.314 e. The van der Waals surface area contributed by atoms with Crippen LogP contribution in [0.25, 0.3) is 0 Å². The van der Waals surface area contributed by atoms with Gasteiger partial charge in [0.15, 0.2) is 0 Å². The maximum atomic E-state index is 11.9. The van der Waals surface area contributed by atoms with Gasteiger partial charge in [-0.1, -0.05) is 23.2 Å². The standard InChI is InChI=1S/C14H8Cl2N4O6/c15-9-5-7(19(23)24)1-3-11(9)17-13(21)14(22)18-12-4-2-8(20(25)26)6-10(12)16/h1-6H,(H,17,21)(H,18,22). The molecular formula is C14H8Cl2N4O6. The summed E-state index contributed by atoms with van der Waals surface area (Å²) < 4.78 is 0. The third-order valence-electron chi connectivity index (χ3n) is 3.03. The Hall–Kier alpha value is -3.24. The van der Waals surface area contributed by atoms with Crippen LogP contribution in [0.15, 0.2) is 36.4 Å². The van der Waals surface area contributed by atoms with E-state index >= 15 is 0 Å². The summed E-state index contributed by atoms with van der Waals surface area (Å²) in [5.74, 6) is -2.23. The lowest BCUT2D eigenvalue weighted by molar-refractivity contribution is -0.385. The molecule has 0 bridgehead atoms. The quantitative estimate of drug-likeness (QED) is 0.458. The minimum Gasteiger partial charge on any atom is -0.316 e. The van der Waals surface area contributed by atoms with Crippen LogP contribution in [0.3, 0.4) is 0 Å². The first-order valence-corrected chi connectivity index (χ1v) is 7.45. The number of nitro benzene ring substituents is 2. The zero-order valence-electron chi connectivity index (χ0n) is 12.6. The molecule has 2 aromatic carbocycles. The van der Waals surface area contributed by atoms with Gasteiger partial charge in [-0.15, -0.1) is 0 Å². The molecule has 0 saturated heterocycles. The van der Waals surface area contributed by atoms with Gasteiger partial charge < -0.3 is 10.6 Å². The molecule has 0 fully saturated rings. The Morgan fingerprint density at radius 1 is 0.769 bits per heavy atom. The van der Waals surface area contributed by atoms with Crippen molar-refractivity contribution in [2.45, 2.75) is 0 Å². The number of carbonyl (C=O) groups is 2. The van der Waals surface area contributed by atoms with E-state index in [-0.39, 0.29) is 32.8 Å². The van der Waals surface area contributed by atoms with E-state index in [0.717, 1.165) is 24.3 Å². The van der Waals surface area contributed by atoms with Gasteiger partial charge in [0.05, 0.1) is 31.3 Å². The number of hydrogen-bond donors (Lipinski definition) is 2. The van der Waals surface area contributed by atoms with Crippen LogP contribution in [0, 0.1) is 20.2 Å². The molecule has 0 saturated carbocycles. The number of benzene rings is 2. The van der Waals surface area contributed by atoms with Crippen molar-refractivity contribution in [1.29, 1.82) is 0 Å². The average molecular weight is 399 g/mol. The number of rotatable bonds is 4. The number of nitrogens with one attached hydrogen (secondary N) is 2. The number of non-ortho nitro benzene ring substituents is 2. The van der Waals surface area contributed by atoms with Gasteiger partial charge in [0, 0.05) is 24.3 Å². The summed E-state index contributed by atoms with van der Waals surface area (Å²) in [5, 5.41) is 25.4. The van der Waals surface area contributed by atoms with Crippen molar-refractivity contribution >= 4 is 57.8 Å². The Balaban J connectivity index is 2.10. The molecule has 2 amide bonds. The summed E-state index contributed by atoms with van der Waals surface area (Å²) in [4.78, 5) is 43.8. The first-order chi connectivity index (χ1) is 12.2. The lowest BCUT2D eigenvalue weighted by Gasteiger charge is -2.09. The largest absolute Gasteiger partial charge is 0.316 e. The molecule has 134 valence electrons. The molecule has 0 radical (unpaired) electrons. The molecule has 10 nitrogen and oxygen atoms in total. The average Bonchev–Trinajstić information content (AvgIpc) is 2.57. The number of carbonyl (C=O) groups excluding carboxylic acids is 2. The van der Waals surface area contributed by atoms with Gasteiger partial charge in [-0.3, -0.25) is 29.8 Å². The number of nitro groups is 2. The van der Waals surface area contributed by atoms with Crippen molar-refractivity contribution in [2.75, 3.05) is 10.6 Å². The van der Waals surface area contributed by atoms with Gasteiger partial charge in [-0.2, -0.15) is 0 Å². The number of nitrogens with zero attached hydrogens (tertiary/aromatic N) is 2. The SMILES string of the molecule is O=C(Nc1ccc([N+](=O)[O-])cc1Cl)C(=O)Nc1ccc([N+](=O)[O-])cc1Cl. The Labute approximate surface area is 155 Å². The maximum absolute atomic E-state index is 11.9. The second-order valence-corrected chi connectivity index (χ2v) is 5.57. The van der Waals surface area contributed by atoms with Crippen molar-refractivity contribution < 1.29 is 19.4 Å². The predicted octanol–water partition coefficient (Wildman–Crippen LogP) is 3.39. The molecular weight excluding hydrogens is 391 g/mol. The first-order valence-electron chi connectivity index (χ1n) is 6.69. The highest BCUT2D eigenvalue weighted by molar-refractivity contribution is 6.45. The summed E-state index contributed by atoms with van der Waals surface area (Å²) in [7, 11) is 0. The molecule has 2 aromatic rings. The summed E-state index contributed by atoms with van der Waals surface area (Å²) >= 11 is 11.6. The van der Waals surface area contributed by atoms with E-state index in [9.17, 15) is 29.8 Å². The molecule has 2 N–H and O–H groups in total. The number of hydrogen-bond acceptors (Lipinski definition) is 6. The summed E-state index contributed by atoms with van der Waals surface area (Å²) in [6.07, 6.45) is 0. The summed E-state index contributed by atoms with van der Waals surface area (Å²) in [6, 6.07) is 6.58. The molecule has 0 unspecified atom stereocenters. The fraction of sp³-hybridized carbons (Fsp3) is 0. The molecule has 0 aliphatic heterocycles. The van der Waals surface area contributed by atoms with Crippen LogP contribution >= 0.6 is 23.2 Å². The minimum absolute atomic E-state index is 0.00721. The molecule has 2 rings (SSSR count). The van der Waals surface area contributed by atoms with Crippen LogP contribution in [-0.4, -0.2) is 21.7 Å². The van der Waals surface area contributed by atoms with Crippen molar-refractivity contribution in [3.63, 3.8) is 0 Å². The van der Waals surface area contributed by atoms with E-state index in [1.165, 1.54) is 12.1 Å². The van der Waals surface area contributed by atoms with Gasteiger partial charge in [0.25, 0.3) is 11.4 Å². The third-order valence-corrected chi connectivity index (χ3v) is 3.66. The van der Waals surface area contributed by atoms with Crippen molar-refractivity contribution in [3.8, 4) is 0 Å². The van der Waals surface area contributed by atoms with E-state index in [1.807, 2.05) is 0 Å². The maximum Gasteiger partial charge on any atom is 0.314 e. The molecule has 0 aliphatic rings. The van der Waals surface area contributed by atoms with Gasteiger partial charge in [-0.05, 0) is 12.1 Å². The van der Waals surface area contributed by atoms with E-state index in [0.29, 0.717) is 0 Å². The lowest BCUT2D eigenvalue weighted by Crippen LogP contribution is -2.29. The number of anilines is 2. The van der Waals surface area contributed by atoms with Crippen LogP contribution in [-0.2, 0) is 9.59 Å². The normalized spacial score (nSPS) is 10.1. The Bertz CT molecular complexity index is 858. The van der Waals surface area contributed by atoms with Crippen molar-refractivity contribution in [2.24, 2.45) is 0 Å². The van der Waals surface area contributed by atoms with Crippen LogP contribution in [0.1, 0.15) is 0 Å². The Morgan fingerprint density at radius 2 is 1.12 bits per heavy atom. The monoisotopic (exact) mass is 398 g/mol. The fourth-order valence-corrected chi connectivity index (χ4v) is 2.24. The molecule has 0 atom stereocenters. The van der Waals surface area contributed by atoms with Crippen LogP contribution in [0.4, 0.5) is 22.7 Å². The highest BCUT2D eigenvalue weighted by atomic mass is 35.5. The number of amides is 2. The lowest BCUT2D eigenvalue weighted by atomic mass is 10.2. The minimum atomic E-state index is -1.12. The number of halogens is 2. The van der Waals surface area contributed by atoms with Crippen LogP contribution in [0.2, 0.25) is 10.0 Å². The summed E-state index contributed by atoms with van der Waals surface area (Å²) in [5.41, 5.74) is -0.579. The second-order valence-electron chi connectivity index (χ2n) is 4.75. The molecule has 12 heteroatoms. The van der Waals surface area contributed by atoms with Gasteiger partial charge in [0.1, 0.15) is 0 Å². The van der Waals surface area contributed by atoms with Gasteiger partial charge >= 0.3 is 11.8 Å². The third kappa shape index (κ3) is 4.43. The van der Waals surface area contributed by atoms with Crippen LogP contribution < -0.4 is 10.6 Å². The Morgan fingerprint density at radius 3 is 1.38 bits per heavy atom. The van der Waals surface area contributed by atoms with E-state index < -0.39 is 21.7 Å². The van der Waals surface area contributed by atoms with Gasteiger partial charge in [-0.25, -0.2) is 0 Å². The molecule has 0 aliphatic carbocycles. The topological polar surface area (TPSA) is 144 Å². The fourth-order valence-electron chi connectivity index (χ4n) is 1.80. The van der Waals surface area contributed by atoms with E-state index in [1.54, 1.807) is 0 Å². The van der Waals surface area contributed by atoms with E-state index in [4.69, 9.17) is 23.2 Å².